The predicted molar refractivity (Wildman–Crippen MR) is 125 cm³/mol. The number of nitrogens with zero attached hydrogens (tertiary/aromatic N) is 1. The Bertz CT molecular complexity index is 932. The van der Waals surface area contributed by atoms with E-state index in [2.05, 4.69) is 5.32 Å². The molecule has 1 aliphatic rings. The smallest absolute Gasteiger partial charge is 0.263 e. The van der Waals surface area contributed by atoms with E-state index in [1.165, 1.54) is 0 Å². The monoisotopic (exact) mass is 478 g/mol. The number of amides is 2. The van der Waals surface area contributed by atoms with Crippen molar-refractivity contribution in [3.63, 3.8) is 0 Å². The fraction of sp³-hybridized carbons (Fsp3) is 0.417. The zero-order valence-corrected chi connectivity index (χ0v) is 19.7. The number of rotatable bonds is 8. The van der Waals surface area contributed by atoms with E-state index in [0.717, 1.165) is 12.8 Å². The van der Waals surface area contributed by atoms with Crippen molar-refractivity contribution in [2.75, 3.05) is 19.6 Å². The third-order valence-corrected chi connectivity index (χ3v) is 5.90. The van der Waals surface area contributed by atoms with Crippen LogP contribution in [0.3, 0.4) is 0 Å². The van der Waals surface area contributed by atoms with E-state index in [9.17, 15) is 9.59 Å². The van der Waals surface area contributed by atoms with Gasteiger partial charge in [-0.1, -0.05) is 35.3 Å². The Hall–Kier alpha value is -2.44. The Morgan fingerprint density at radius 1 is 0.969 bits per heavy atom. The first-order chi connectivity index (χ1) is 15.3. The van der Waals surface area contributed by atoms with E-state index in [4.69, 9.17) is 32.7 Å². The van der Waals surface area contributed by atoms with Gasteiger partial charge in [0.1, 0.15) is 11.5 Å². The van der Waals surface area contributed by atoms with Crippen molar-refractivity contribution >= 4 is 35.0 Å². The summed E-state index contributed by atoms with van der Waals surface area (Å²) in [4.78, 5) is 26.9. The van der Waals surface area contributed by atoms with Crippen LogP contribution in [0, 0.1) is 5.92 Å². The Morgan fingerprint density at radius 2 is 1.50 bits per heavy atom. The summed E-state index contributed by atoms with van der Waals surface area (Å²) in [6.45, 7) is 5.28. The third-order valence-electron chi connectivity index (χ3n) is 5.43. The fourth-order valence-corrected chi connectivity index (χ4v) is 3.96. The van der Waals surface area contributed by atoms with E-state index in [0.29, 0.717) is 47.1 Å². The van der Waals surface area contributed by atoms with Gasteiger partial charge in [-0.05, 0) is 69.0 Å². The van der Waals surface area contributed by atoms with Crippen LogP contribution in [0.15, 0.2) is 48.5 Å². The number of carbonyl (C=O) groups is 2. The van der Waals surface area contributed by atoms with E-state index in [1.807, 2.05) is 4.90 Å². The normalized spacial score (nSPS) is 16.2. The minimum absolute atomic E-state index is 0.0454. The zero-order valence-electron chi connectivity index (χ0n) is 18.2. The summed E-state index contributed by atoms with van der Waals surface area (Å²) < 4.78 is 11.4. The van der Waals surface area contributed by atoms with Gasteiger partial charge in [-0.2, -0.15) is 0 Å². The van der Waals surface area contributed by atoms with Crippen LogP contribution in [0.1, 0.15) is 26.7 Å². The molecule has 1 heterocycles. The molecule has 1 fully saturated rings. The lowest BCUT2D eigenvalue weighted by Crippen LogP contribution is -2.47. The number of carbonyl (C=O) groups excluding carboxylic acids is 2. The molecule has 6 nitrogen and oxygen atoms in total. The highest BCUT2D eigenvalue weighted by Gasteiger charge is 2.27. The zero-order chi connectivity index (χ0) is 23.1. The lowest BCUT2D eigenvalue weighted by Gasteiger charge is -2.33. The van der Waals surface area contributed by atoms with Crippen LogP contribution in [0.5, 0.6) is 11.5 Å². The molecule has 2 atom stereocenters. The molecule has 2 amide bonds. The van der Waals surface area contributed by atoms with Gasteiger partial charge in [0, 0.05) is 29.7 Å². The maximum Gasteiger partial charge on any atom is 0.263 e. The van der Waals surface area contributed by atoms with E-state index in [1.54, 1.807) is 62.4 Å². The highest BCUT2D eigenvalue weighted by molar-refractivity contribution is 6.31. The molecule has 2 aromatic carbocycles. The number of piperidine rings is 1. The van der Waals surface area contributed by atoms with Crippen LogP contribution in [0.25, 0.3) is 0 Å². The highest BCUT2D eigenvalue weighted by Crippen LogP contribution is 2.22. The van der Waals surface area contributed by atoms with Crippen LogP contribution in [0.2, 0.25) is 10.0 Å². The van der Waals surface area contributed by atoms with Crippen LogP contribution in [0.4, 0.5) is 0 Å². The molecule has 172 valence electrons. The molecule has 32 heavy (non-hydrogen) atoms. The summed E-state index contributed by atoms with van der Waals surface area (Å²) in [6, 6.07) is 14.0. The van der Waals surface area contributed by atoms with Crippen molar-refractivity contribution in [1.82, 2.24) is 10.2 Å². The lowest BCUT2D eigenvalue weighted by atomic mass is 9.96. The van der Waals surface area contributed by atoms with Crippen molar-refractivity contribution in [2.24, 2.45) is 5.92 Å². The molecular formula is C24H28Cl2N2O4. The number of hydrogen-bond donors (Lipinski definition) is 1. The van der Waals surface area contributed by atoms with Crippen molar-refractivity contribution in [2.45, 2.75) is 38.9 Å². The Kier molecular flexibility index (Phi) is 8.65. The summed E-state index contributed by atoms with van der Waals surface area (Å²) in [6.07, 6.45) is 0.424. The first-order valence-corrected chi connectivity index (χ1v) is 11.5. The molecule has 0 radical (unpaired) electrons. The molecule has 1 aliphatic heterocycles. The molecule has 8 heteroatoms. The van der Waals surface area contributed by atoms with Crippen LogP contribution < -0.4 is 14.8 Å². The van der Waals surface area contributed by atoms with Gasteiger partial charge < -0.3 is 19.7 Å². The van der Waals surface area contributed by atoms with Crippen molar-refractivity contribution < 1.29 is 19.1 Å². The minimum Gasteiger partial charge on any atom is -0.481 e. The molecule has 0 saturated carbocycles. The van der Waals surface area contributed by atoms with Gasteiger partial charge in [-0.3, -0.25) is 9.59 Å². The van der Waals surface area contributed by atoms with Crippen molar-refractivity contribution in [3.05, 3.63) is 58.6 Å². The van der Waals surface area contributed by atoms with Gasteiger partial charge in [0.05, 0.1) is 0 Å². The van der Waals surface area contributed by atoms with Crippen LogP contribution in [-0.4, -0.2) is 48.6 Å². The number of halogens is 2. The van der Waals surface area contributed by atoms with Crippen molar-refractivity contribution in [1.29, 1.82) is 0 Å². The van der Waals surface area contributed by atoms with Gasteiger partial charge in [-0.15, -0.1) is 0 Å². The second kappa shape index (κ2) is 11.4. The second-order valence-electron chi connectivity index (χ2n) is 7.95. The van der Waals surface area contributed by atoms with Gasteiger partial charge in [0.2, 0.25) is 0 Å². The number of hydrogen-bond acceptors (Lipinski definition) is 4. The topological polar surface area (TPSA) is 67.9 Å². The summed E-state index contributed by atoms with van der Waals surface area (Å²) >= 11 is 11.9. The molecule has 1 saturated heterocycles. The SMILES string of the molecule is CC(Oc1cccc(Cl)c1)C(=O)NCC1CCN(C(=O)C(C)Oc2cccc(Cl)c2)CC1. The van der Waals surface area contributed by atoms with E-state index >= 15 is 0 Å². The number of nitrogens with one attached hydrogen (secondary N) is 1. The molecule has 3 rings (SSSR count). The average Bonchev–Trinajstić information content (AvgIpc) is 2.77. The Balaban J connectivity index is 1.39. The molecule has 0 aromatic heterocycles. The Morgan fingerprint density at radius 3 is 2.03 bits per heavy atom. The number of ether oxygens (including phenoxy) is 2. The molecule has 0 spiro atoms. The highest BCUT2D eigenvalue weighted by atomic mass is 35.5. The number of benzene rings is 2. The van der Waals surface area contributed by atoms with Gasteiger partial charge in [-0.25, -0.2) is 0 Å². The second-order valence-corrected chi connectivity index (χ2v) is 8.82. The molecule has 2 unspecified atom stereocenters. The summed E-state index contributed by atoms with van der Waals surface area (Å²) in [5, 5.41) is 4.08. The van der Waals surface area contributed by atoms with Crippen LogP contribution in [-0.2, 0) is 9.59 Å². The van der Waals surface area contributed by atoms with Crippen LogP contribution >= 0.6 is 23.2 Å². The molecular weight excluding hydrogens is 451 g/mol. The fourth-order valence-electron chi connectivity index (χ4n) is 3.60. The quantitative estimate of drug-likeness (QED) is 0.602. The van der Waals surface area contributed by atoms with Gasteiger partial charge in [0.25, 0.3) is 11.8 Å². The standard InChI is InChI=1S/C24H28Cl2N2O4/c1-16(31-21-7-3-5-19(25)13-21)23(29)27-15-18-9-11-28(12-10-18)24(30)17(2)32-22-8-4-6-20(26)14-22/h3-8,13-14,16-18H,9-12,15H2,1-2H3,(H,27,29). The lowest BCUT2D eigenvalue weighted by molar-refractivity contribution is -0.139. The van der Waals surface area contributed by atoms with E-state index < -0.39 is 12.2 Å². The average molecular weight is 479 g/mol. The van der Waals surface area contributed by atoms with Crippen molar-refractivity contribution in [3.8, 4) is 11.5 Å². The first-order valence-electron chi connectivity index (χ1n) is 10.7. The molecule has 1 N–H and O–H groups in total. The van der Waals surface area contributed by atoms with Gasteiger partial charge >= 0.3 is 0 Å². The summed E-state index contributed by atoms with van der Waals surface area (Å²) in [7, 11) is 0. The summed E-state index contributed by atoms with van der Waals surface area (Å²) in [5.74, 6) is 1.22. The largest absolute Gasteiger partial charge is 0.481 e. The predicted octanol–water partition coefficient (Wildman–Crippen LogP) is 4.58. The molecule has 0 aliphatic carbocycles. The van der Waals surface area contributed by atoms with Gasteiger partial charge in [0.15, 0.2) is 12.2 Å². The first kappa shape index (κ1) is 24.2. The molecule has 0 bridgehead atoms. The Labute approximate surface area is 198 Å². The maximum atomic E-state index is 12.7. The van der Waals surface area contributed by atoms with E-state index in [-0.39, 0.29) is 11.8 Å². The minimum atomic E-state index is -0.625. The maximum absolute atomic E-state index is 12.7. The molecule has 2 aromatic rings. The third kappa shape index (κ3) is 7.04. The summed E-state index contributed by atoms with van der Waals surface area (Å²) in [5.41, 5.74) is 0. The number of likely N-dealkylation sites (tertiary alicyclic amines) is 1.